The first kappa shape index (κ1) is 16.5. The van der Waals surface area contributed by atoms with Crippen molar-refractivity contribution in [2.24, 2.45) is 7.05 Å². The Labute approximate surface area is 154 Å². The highest BCUT2D eigenvalue weighted by Crippen LogP contribution is 2.31. The minimum absolute atomic E-state index is 0.937. The summed E-state index contributed by atoms with van der Waals surface area (Å²) >= 11 is 7.44. The van der Waals surface area contributed by atoms with Crippen LogP contribution in [0.15, 0.2) is 57.1 Å². The van der Waals surface area contributed by atoms with E-state index in [1.54, 1.807) is 0 Å². The van der Waals surface area contributed by atoms with Gasteiger partial charge in [0.05, 0.1) is 0 Å². The molecule has 1 nitrogen and oxygen atoms in total. The number of aryl methyl sites for hydroxylation is 2. The Morgan fingerprint density at radius 2 is 1.91 bits per heavy atom. The zero-order valence-electron chi connectivity index (χ0n) is 13.5. The van der Waals surface area contributed by atoms with E-state index in [0.717, 1.165) is 10.9 Å². The van der Waals surface area contributed by atoms with Gasteiger partial charge in [-0.05, 0) is 71.1 Å². The summed E-state index contributed by atoms with van der Waals surface area (Å²) in [4.78, 5) is 0. The standard InChI is InChI=1S/C20H19Br2N/c1-13(12-17-14(2)5-4-6-18(17)21)11-15-7-8-19-16(20(15)22)9-10-23(19)3/h4-10,12H,11H2,1-3H3/b13-12+. The lowest BCUT2D eigenvalue weighted by Gasteiger charge is -2.09. The molecule has 1 aromatic heterocycles. The van der Waals surface area contributed by atoms with Crippen molar-refractivity contribution in [3.05, 3.63) is 73.8 Å². The number of benzene rings is 2. The fourth-order valence-electron chi connectivity index (χ4n) is 2.92. The number of fused-ring (bicyclic) bond motifs is 1. The van der Waals surface area contributed by atoms with Crippen LogP contribution in [0.3, 0.4) is 0 Å². The molecule has 23 heavy (non-hydrogen) atoms. The predicted octanol–water partition coefficient (Wildman–Crippen LogP) is 6.66. The lowest BCUT2D eigenvalue weighted by atomic mass is 10.0. The van der Waals surface area contributed by atoms with Crippen LogP contribution in [-0.4, -0.2) is 4.57 Å². The second-order valence-electron chi connectivity index (χ2n) is 6.04. The van der Waals surface area contributed by atoms with Gasteiger partial charge in [-0.25, -0.2) is 0 Å². The van der Waals surface area contributed by atoms with Crippen LogP contribution >= 0.6 is 31.9 Å². The predicted molar refractivity (Wildman–Crippen MR) is 107 cm³/mol. The first-order chi connectivity index (χ1) is 11.0. The molecule has 0 aliphatic carbocycles. The van der Waals surface area contributed by atoms with Crippen LogP contribution in [-0.2, 0) is 13.5 Å². The SMILES string of the molecule is C/C(=C\c1c(C)cccc1Br)Cc1ccc2c(ccn2C)c1Br. The lowest BCUT2D eigenvalue weighted by Crippen LogP contribution is -1.92. The van der Waals surface area contributed by atoms with E-state index in [-0.39, 0.29) is 0 Å². The third-order valence-corrected chi connectivity index (χ3v) is 5.84. The van der Waals surface area contributed by atoms with Crippen molar-refractivity contribution in [1.82, 2.24) is 4.57 Å². The maximum Gasteiger partial charge on any atom is 0.0489 e. The highest BCUT2D eigenvalue weighted by molar-refractivity contribution is 9.11. The number of nitrogens with zero attached hydrogens (tertiary/aromatic N) is 1. The molecule has 0 N–H and O–H groups in total. The van der Waals surface area contributed by atoms with E-state index in [1.807, 2.05) is 0 Å². The molecule has 0 aliphatic rings. The summed E-state index contributed by atoms with van der Waals surface area (Å²) in [5.41, 5.74) is 6.47. The Morgan fingerprint density at radius 3 is 2.65 bits per heavy atom. The highest BCUT2D eigenvalue weighted by atomic mass is 79.9. The van der Waals surface area contributed by atoms with Crippen LogP contribution in [0, 0.1) is 6.92 Å². The number of rotatable bonds is 3. The van der Waals surface area contributed by atoms with Crippen LogP contribution < -0.4 is 0 Å². The molecule has 0 saturated heterocycles. The number of halogens is 2. The molecule has 0 spiro atoms. The van der Waals surface area contributed by atoms with Crippen LogP contribution in [0.4, 0.5) is 0 Å². The molecular formula is C20H19Br2N. The molecule has 0 radical (unpaired) electrons. The molecule has 0 atom stereocenters. The largest absolute Gasteiger partial charge is 0.351 e. The number of aromatic nitrogens is 1. The molecular weight excluding hydrogens is 414 g/mol. The van der Waals surface area contributed by atoms with Crippen LogP contribution in [0.1, 0.15) is 23.6 Å². The number of allylic oxidation sites excluding steroid dienone is 1. The Bertz CT molecular complexity index is 883. The molecule has 118 valence electrons. The first-order valence-electron chi connectivity index (χ1n) is 7.62. The third kappa shape index (κ3) is 3.31. The topological polar surface area (TPSA) is 4.93 Å². The average molecular weight is 433 g/mol. The van der Waals surface area contributed by atoms with Gasteiger partial charge in [-0.15, -0.1) is 0 Å². The third-order valence-electron chi connectivity index (χ3n) is 4.21. The van der Waals surface area contributed by atoms with Gasteiger partial charge in [0.2, 0.25) is 0 Å². The van der Waals surface area contributed by atoms with Gasteiger partial charge in [-0.1, -0.05) is 45.8 Å². The zero-order chi connectivity index (χ0) is 16.6. The van der Waals surface area contributed by atoms with Gasteiger partial charge in [-0.2, -0.15) is 0 Å². The molecule has 0 fully saturated rings. The van der Waals surface area contributed by atoms with E-state index >= 15 is 0 Å². The van der Waals surface area contributed by atoms with Gasteiger partial charge in [-0.3, -0.25) is 0 Å². The fraction of sp³-hybridized carbons (Fsp3) is 0.200. The Balaban J connectivity index is 1.95. The van der Waals surface area contributed by atoms with Crippen molar-refractivity contribution in [2.75, 3.05) is 0 Å². The first-order valence-corrected chi connectivity index (χ1v) is 9.20. The second kappa shape index (κ2) is 6.66. The molecule has 0 aliphatic heterocycles. The fourth-order valence-corrected chi connectivity index (χ4v) is 4.11. The maximum absolute atomic E-state index is 3.79. The molecule has 2 aromatic carbocycles. The quantitative estimate of drug-likeness (QED) is 0.436. The molecule has 0 saturated carbocycles. The van der Waals surface area contributed by atoms with Gasteiger partial charge in [0.25, 0.3) is 0 Å². The van der Waals surface area contributed by atoms with Crippen LogP contribution in [0.5, 0.6) is 0 Å². The summed E-state index contributed by atoms with van der Waals surface area (Å²) in [5, 5.41) is 1.27. The minimum Gasteiger partial charge on any atom is -0.351 e. The van der Waals surface area contributed by atoms with Crippen LogP contribution in [0.2, 0.25) is 0 Å². The number of hydrogen-bond acceptors (Lipinski definition) is 0. The van der Waals surface area contributed by atoms with E-state index in [2.05, 4.69) is 106 Å². The molecule has 0 amide bonds. The van der Waals surface area contributed by atoms with E-state index in [9.17, 15) is 0 Å². The number of hydrogen-bond donors (Lipinski definition) is 0. The molecule has 3 heteroatoms. The maximum atomic E-state index is 3.79. The average Bonchev–Trinajstić information content (AvgIpc) is 2.88. The van der Waals surface area contributed by atoms with Crippen molar-refractivity contribution < 1.29 is 0 Å². The molecule has 3 rings (SSSR count). The monoisotopic (exact) mass is 431 g/mol. The van der Waals surface area contributed by atoms with Crippen molar-refractivity contribution in [3.8, 4) is 0 Å². The summed E-state index contributed by atoms with van der Waals surface area (Å²) in [5.74, 6) is 0. The Hall–Kier alpha value is -1.32. The van der Waals surface area contributed by atoms with E-state index in [0.29, 0.717) is 0 Å². The summed E-state index contributed by atoms with van der Waals surface area (Å²) in [6.45, 7) is 4.34. The van der Waals surface area contributed by atoms with Crippen LogP contribution in [0.25, 0.3) is 17.0 Å². The van der Waals surface area contributed by atoms with E-state index in [1.165, 1.54) is 37.6 Å². The van der Waals surface area contributed by atoms with Gasteiger partial charge in [0.15, 0.2) is 0 Å². The Kier molecular flexibility index (Phi) is 4.79. The Morgan fingerprint density at radius 1 is 1.13 bits per heavy atom. The highest BCUT2D eigenvalue weighted by Gasteiger charge is 2.08. The van der Waals surface area contributed by atoms with Gasteiger partial charge < -0.3 is 4.57 Å². The molecule has 1 heterocycles. The van der Waals surface area contributed by atoms with E-state index in [4.69, 9.17) is 0 Å². The zero-order valence-corrected chi connectivity index (χ0v) is 16.7. The van der Waals surface area contributed by atoms with Crippen molar-refractivity contribution in [1.29, 1.82) is 0 Å². The van der Waals surface area contributed by atoms with Crippen molar-refractivity contribution in [2.45, 2.75) is 20.3 Å². The van der Waals surface area contributed by atoms with Gasteiger partial charge in [0, 0.05) is 33.1 Å². The van der Waals surface area contributed by atoms with Gasteiger partial charge >= 0.3 is 0 Å². The van der Waals surface area contributed by atoms with E-state index < -0.39 is 0 Å². The lowest BCUT2D eigenvalue weighted by molar-refractivity contribution is 0.968. The van der Waals surface area contributed by atoms with Crippen molar-refractivity contribution in [3.63, 3.8) is 0 Å². The summed E-state index contributed by atoms with van der Waals surface area (Å²) in [6, 6.07) is 12.9. The van der Waals surface area contributed by atoms with Gasteiger partial charge in [0.1, 0.15) is 0 Å². The smallest absolute Gasteiger partial charge is 0.0489 e. The second-order valence-corrected chi connectivity index (χ2v) is 7.68. The molecule has 0 unspecified atom stereocenters. The van der Waals surface area contributed by atoms with Crippen molar-refractivity contribution >= 4 is 48.8 Å². The normalized spacial score (nSPS) is 12.1. The summed E-state index contributed by atoms with van der Waals surface area (Å²) in [6.07, 6.45) is 5.32. The minimum atomic E-state index is 0.937. The molecule has 3 aromatic rings. The summed E-state index contributed by atoms with van der Waals surface area (Å²) < 4.78 is 4.50. The molecule has 0 bridgehead atoms. The summed E-state index contributed by atoms with van der Waals surface area (Å²) in [7, 11) is 2.08.